The zero-order valence-corrected chi connectivity index (χ0v) is 29.2. The monoisotopic (exact) mass is 704 g/mol. The summed E-state index contributed by atoms with van der Waals surface area (Å²) in [4.78, 5) is 28.1. The van der Waals surface area contributed by atoms with Crippen molar-refractivity contribution in [3.63, 3.8) is 0 Å². The molecule has 3 N–H and O–H groups in total. The van der Waals surface area contributed by atoms with Crippen LogP contribution in [0.5, 0.6) is 11.8 Å². The van der Waals surface area contributed by atoms with Gasteiger partial charge in [0, 0.05) is 82.1 Å². The fourth-order valence-corrected chi connectivity index (χ4v) is 7.61. The van der Waals surface area contributed by atoms with E-state index in [1.165, 1.54) is 12.1 Å². The summed E-state index contributed by atoms with van der Waals surface area (Å²) < 4.78 is 29.9. The van der Waals surface area contributed by atoms with Crippen LogP contribution in [0.2, 0.25) is 0 Å². The standard InChI is InChI=1S/C38H37FN8O3S/c1-4-32(48)42-19-25-5-7-28(23(2)17-25)35-33(26-6-8-31(30(39)18-26)50-38-41-10-9-24(3)45-38)34-36(51-35)29(21-43-37(34)40)27-20-44-47(22-27)12-11-46-13-15-49-16-14-46/h4-10,17-18,20-22H,1,11-16,19H2,2-3H3,(H2,40,43)(H,42,48). The number of nitrogens with zero attached hydrogens (tertiary/aromatic N) is 6. The van der Waals surface area contributed by atoms with Crippen LogP contribution in [0.4, 0.5) is 10.2 Å². The van der Waals surface area contributed by atoms with Crippen molar-refractivity contribution >= 4 is 33.1 Å². The molecule has 0 unspecified atom stereocenters. The summed E-state index contributed by atoms with van der Waals surface area (Å²) in [5.41, 5.74) is 13.4. The summed E-state index contributed by atoms with van der Waals surface area (Å²) in [6.07, 6.45) is 8.47. The first-order valence-corrected chi connectivity index (χ1v) is 17.4. The highest BCUT2D eigenvalue weighted by molar-refractivity contribution is 7.23. The van der Waals surface area contributed by atoms with Crippen molar-refractivity contribution in [1.82, 2.24) is 34.9 Å². The topological polar surface area (TPSA) is 133 Å². The Morgan fingerprint density at radius 2 is 1.92 bits per heavy atom. The summed E-state index contributed by atoms with van der Waals surface area (Å²) in [5.74, 6) is -0.478. The van der Waals surface area contributed by atoms with E-state index in [4.69, 9.17) is 15.2 Å². The normalized spacial score (nSPS) is 13.4. The number of nitrogen functional groups attached to an aromatic ring is 1. The number of halogens is 1. The van der Waals surface area contributed by atoms with Gasteiger partial charge in [0.25, 0.3) is 0 Å². The molecule has 4 aromatic heterocycles. The number of anilines is 1. The van der Waals surface area contributed by atoms with E-state index in [0.29, 0.717) is 23.6 Å². The van der Waals surface area contributed by atoms with Crippen molar-refractivity contribution in [3.8, 4) is 44.5 Å². The molecular weight excluding hydrogens is 668 g/mol. The lowest BCUT2D eigenvalue weighted by molar-refractivity contribution is -0.116. The Balaban J connectivity index is 1.31. The number of benzene rings is 2. The Bertz CT molecular complexity index is 2240. The second kappa shape index (κ2) is 14.8. The minimum atomic E-state index is -0.572. The van der Waals surface area contributed by atoms with Gasteiger partial charge in [0.1, 0.15) is 5.82 Å². The smallest absolute Gasteiger partial charge is 0.322 e. The van der Waals surface area contributed by atoms with Crippen molar-refractivity contribution in [2.24, 2.45) is 0 Å². The van der Waals surface area contributed by atoms with E-state index in [0.717, 1.165) is 87.7 Å². The Labute approximate surface area is 298 Å². The van der Waals surface area contributed by atoms with E-state index in [9.17, 15) is 4.79 Å². The van der Waals surface area contributed by atoms with E-state index < -0.39 is 5.82 Å². The first kappa shape index (κ1) is 34.0. The van der Waals surface area contributed by atoms with Gasteiger partial charge in [-0.25, -0.2) is 19.3 Å². The van der Waals surface area contributed by atoms with E-state index in [-0.39, 0.29) is 17.7 Å². The van der Waals surface area contributed by atoms with Gasteiger partial charge in [0.05, 0.1) is 26.0 Å². The summed E-state index contributed by atoms with van der Waals surface area (Å²) in [7, 11) is 0. The number of amides is 1. The molecule has 0 aliphatic carbocycles. The molecule has 51 heavy (non-hydrogen) atoms. The fourth-order valence-electron chi connectivity index (χ4n) is 6.15. The molecule has 1 fully saturated rings. The molecular formula is C38H37FN8O3S. The molecule has 11 nitrogen and oxygen atoms in total. The molecule has 1 aliphatic heterocycles. The number of ether oxygens (including phenoxy) is 2. The molecule has 0 saturated carbocycles. The van der Waals surface area contributed by atoms with Gasteiger partial charge in [-0.15, -0.1) is 11.3 Å². The number of carbonyl (C=O) groups is 1. The molecule has 0 bridgehead atoms. The molecule has 1 saturated heterocycles. The summed E-state index contributed by atoms with van der Waals surface area (Å²) in [5, 5.41) is 8.22. The highest BCUT2D eigenvalue weighted by Gasteiger charge is 2.24. The van der Waals surface area contributed by atoms with Gasteiger partial charge in [-0.1, -0.05) is 30.8 Å². The van der Waals surface area contributed by atoms with Crippen LogP contribution in [0.25, 0.3) is 42.8 Å². The maximum absolute atomic E-state index is 15.8. The fraction of sp³-hybridized carbons (Fsp3) is 0.237. The van der Waals surface area contributed by atoms with Crippen molar-refractivity contribution in [2.45, 2.75) is 26.9 Å². The number of thiophene rings is 1. The third-order valence-electron chi connectivity index (χ3n) is 8.82. The lowest BCUT2D eigenvalue weighted by Crippen LogP contribution is -2.38. The number of aromatic nitrogens is 5. The van der Waals surface area contributed by atoms with E-state index in [2.05, 4.69) is 36.8 Å². The molecule has 2 aromatic carbocycles. The third kappa shape index (κ3) is 7.36. The number of nitrogens with two attached hydrogens (primary N) is 1. The first-order chi connectivity index (χ1) is 24.8. The van der Waals surface area contributed by atoms with Crippen LogP contribution in [-0.4, -0.2) is 68.4 Å². The van der Waals surface area contributed by atoms with Crippen molar-refractivity contribution in [2.75, 3.05) is 38.6 Å². The molecule has 0 atom stereocenters. The van der Waals surface area contributed by atoms with Gasteiger partial charge >= 0.3 is 6.01 Å². The van der Waals surface area contributed by atoms with Gasteiger partial charge in [0.15, 0.2) is 11.6 Å². The number of pyridine rings is 1. The van der Waals surface area contributed by atoms with Gasteiger partial charge in [0.2, 0.25) is 5.91 Å². The van der Waals surface area contributed by atoms with E-state index in [1.54, 1.807) is 35.9 Å². The SMILES string of the molecule is C=CC(=O)NCc1ccc(-c2sc3c(-c4cnn(CCN5CCOCC5)c4)cnc(N)c3c2-c2ccc(Oc3nccc(C)n3)c(F)c2)c(C)c1. The number of aryl methyl sites for hydroxylation is 2. The Morgan fingerprint density at radius 1 is 1.08 bits per heavy atom. The van der Waals surface area contributed by atoms with Gasteiger partial charge in [-0.05, 0) is 60.4 Å². The summed E-state index contributed by atoms with van der Waals surface area (Å²) in [6.45, 7) is 12.7. The lowest BCUT2D eigenvalue weighted by Gasteiger charge is -2.26. The number of rotatable bonds is 11. The van der Waals surface area contributed by atoms with Crippen molar-refractivity contribution < 1.29 is 18.7 Å². The maximum Gasteiger partial charge on any atom is 0.322 e. The van der Waals surface area contributed by atoms with Crippen LogP contribution in [0.1, 0.15) is 16.8 Å². The van der Waals surface area contributed by atoms with Crippen molar-refractivity contribution in [1.29, 1.82) is 0 Å². The summed E-state index contributed by atoms with van der Waals surface area (Å²) >= 11 is 1.57. The second-order valence-electron chi connectivity index (χ2n) is 12.3. The number of morpholine rings is 1. The molecule has 1 amide bonds. The average Bonchev–Trinajstić information content (AvgIpc) is 3.77. The Hall–Kier alpha value is -5.50. The molecule has 7 rings (SSSR count). The second-order valence-corrected chi connectivity index (χ2v) is 13.3. The number of hydrogen-bond donors (Lipinski definition) is 2. The third-order valence-corrected chi connectivity index (χ3v) is 10.1. The number of fused-ring (bicyclic) bond motifs is 1. The van der Waals surface area contributed by atoms with Crippen LogP contribution in [-0.2, 0) is 22.6 Å². The van der Waals surface area contributed by atoms with Gasteiger partial charge < -0.3 is 20.5 Å². The molecule has 260 valence electrons. The van der Waals surface area contributed by atoms with Crippen LogP contribution in [0.3, 0.4) is 0 Å². The molecule has 1 aliphatic rings. The van der Waals surface area contributed by atoms with Crippen LogP contribution in [0.15, 0.2) is 79.9 Å². The molecule has 13 heteroatoms. The summed E-state index contributed by atoms with van der Waals surface area (Å²) in [6, 6.07) is 12.7. The number of carbonyl (C=O) groups excluding carboxylic acids is 1. The highest BCUT2D eigenvalue weighted by Crippen LogP contribution is 2.50. The minimum absolute atomic E-state index is 0.00354. The van der Waals surface area contributed by atoms with E-state index in [1.807, 2.05) is 55.2 Å². The average molecular weight is 705 g/mol. The van der Waals surface area contributed by atoms with E-state index >= 15 is 4.39 Å². The van der Waals surface area contributed by atoms with Crippen LogP contribution >= 0.6 is 11.3 Å². The first-order valence-electron chi connectivity index (χ1n) is 16.6. The van der Waals surface area contributed by atoms with Gasteiger partial charge in [-0.2, -0.15) is 5.10 Å². The maximum atomic E-state index is 15.8. The van der Waals surface area contributed by atoms with Gasteiger partial charge in [-0.3, -0.25) is 14.4 Å². The predicted octanol–water partition coefficient (Wildman–Crippen LogP) is 6.55. The minimum Gasteiger partial charge on any atom is -0.421 e. The largest absolute Gasteiger partial charge is 0.421 e. The van der Waals surface area contributed by atoms with Crippen molar-refractivity contribution in [3.05, 3.63) is 103 Å². The Morgan fingerprint density at radius 3 is 2.69 bits per heavy atom. The molecule has 0 radical (unpaired) electrons. The number of nitrogens with one attached hydrogen (secondary N) is 1. The predicted molar refractivity (Wildman–Crippen MR) is 197 cm³/mol. The molecule has 5 heterocycles. The lowest BCUT2D eigenvalue weighted by atomic mass is 9.95. The zero-order chi connectivity index (χ0) is 35.5. The Kier molecular flexibility index (Phi) is 9.84. The van der Waals surface area contributed by atoms with Crippen LogP contribution < -0.4 is 15.8 Å². The highest BCUT2D eigenvalue weighted by atomic mass is 32.1. The van der Waals surface area contributed by atoms with Crippen LogP contribution in [0, 0.1) is 19.7 Å². The molecule has 6 aromatic rings. The zero-order valence-electron chi connectivity index (χ0n) is 28.4. The number of hydrogen-bond acceptors (Lipinski definition) is 10. The quantitative estimate of drug-likeness (QED) is 0.144. The molecule has 0 spiro atoms.